The van der Waals surface area contributed by atoms with E-state index in [4.69, 9.17) is 4.99 Å². The van der Waals surface area contributed by atoms with Crippen LogP contribution in [0.25, 0.3) is 0 Å². The van der Waals surface area contributed by atoms with Crippen LogP contribution in [-0.4, -0.2) is 38.7 Å². The van der Waals surface area contributed by atoms with Gasteiger partial charge in [-0.05, 0) is 30.7 Å². The van der Waals surface area contributed by atoms with E-state index in [1.54, 1.807) is 0 Å². The summed E-state index contributed by atoms with van der Waals surface area (Å²) in [5, 5.41) is 12.0. The van der Waals surface area contributed by atoms with Gasteiger partial charge in [0, 0.05) is 20.1 Å². The second-order valence-electron chi connectivity index (χ2n) is 7.77. The molecule has 7 heteroatoms. The van der Waals surface area contributed by atoms with Crippen LogP contribution in [0.15, 0.2) is 35.3 Å². The lowest BCUT2D eigenvalue weighted by Crippen LogP contribution is -2.40. The normalized spacial score (nSPS) is 16.9. The number of guanidine groups is 1. The first-order valence-corrected chi connectivity index (χ1v) is 10.5. The van der Waals surface area contributed by atoms with Crippen molar-refractivity contribution in [2.75, 3.05) is 13.1 Å². The molecule has 1 fully saturated rings. The third-order valence-electron chi connectivity index (χ3n) is 6.08. The van der Waals surface area contributed by atoms with Crippen LogP contribution < -0.4 is 5.32 Å². The molecule has 1 aliphatic heterocycles. The summed E-state index contributed by atoms with van der Waals surface area (Å²) in [7, 11) is 2.01. The van der Waals surface area contributed by atoms with Crippen molar-refractivity contribution < 1.29 is 0 Å². The number of aryl methyl sites for hydroxylation is 1. The molecule has 1 aromatic carbocycles. The van der Waals surface area contributed by atoms with Gasteiger partial charge >= 0.3 is 0 Å². The monoisotopic (exact) mass is 510 g/mol. The van der Waals surface area contributed by atoms with Gasteiger partial charge in [-0.1, -0.05) is 57.0 Å². The van der Waals surface area contributed by atoms with Crippen LogP contribution in [0.2, 0.25) is 0 Å². The molecular weight excluding hydrogens is 475 g/mol. The molecule has 1 aliphatic rings. The molecule has 0 radical (unpaired) electrons. The van der Waals surface area contributed by atoms with E-state index in [9.17, 15) is 0 Å². The van der Waals surface area contributed by atoms with E-state index in [-0.39, 0.29) is 24.0 Å². The number of halogens is 1. The number of rotatable bonds is 7. The van der Waals surface area contributed by atoms with Gasteiger partial charge in [0.1, 0.15) is 5.82 Å². The zero-order valence-electron chi connectivity index (χ0n) is 18.1. The number of aliphatic imine (C=N–C) groups is 1. The minimum absolute atomic E-state index is 0. The lowest BCUT2D eigenvalue weighted by Gasteiger charge is -2.24. The van der Waals surface area contributed by atoms with Crippen molar-refractivity contribution in [1.82, 2.24) is 25.0 Å². The first kappa shape index (κ1) is 23.6. The van der Waals surface area contributed by atoms with Crippen LogP contribution in [0.5, 0.6) is 0 Å². The smallest absolute Gasteiger partial charge is 0.194 e. The third kappa shape index (κ3) is 6.17. The number of hydrogen-bond donors (Lipinski definition) is 1. The molecule has 1 atom stereocenters. The molecule has 0 amide bonds. The predicted molar refractivity (Wildman–Crippen MR) is 129 cm³/mol. The Hall–Kier alpha value is -1.64. The second-order valence-corrected chi connectivity index (χ2v) is 7.77. The van der Waals surface area contributed by atoms with Crippen LogP contribution in [0.3, 0.4) is 0 Å². The van der Waals surface area contributed by atoms with Crippen molar-refractivity contribution in [3.8, 4) is 0 Å². The van der Waals surface area contributed by atoms with Crippen molar-refractivity contribution in [1.29, 1.82) is 0 Å². The van der Waals surface area contributed by atoms with Crippen molar-refractivity contribution in [3.63, 3.8) is 0 Å². The van der Waals surface area contributed by atoms with Gasteiger partial charge in [0.15, 0.2) is 11.8 Å². The van der Waals surface area contributed by atoms with Gasteiger partial charge in [0.2, 0.25) is 0 Å². The molecule has 1 N–H and O–H groups in total. The van der Waals surface area contributed by atoms with E-state index in [1.165, 1.54) is 24.8 Å². The maximum absolute atomic E-state index is 4.95. The highest BCUT2D eigenvalue weighted by molar-refractivity contribution is 14.0. The van der Waals surface area contributed by atoms with Crippen molar-refractivity contribution in [2.45, 2.75) is 53.1 Å². The number of hydrogen-bond acceptors (Lipinski definition) is 3. The van der Waals surface area contributed by atoms with E-state index in [2.05, 4.69) is 58.5 Å². The summed E-state index contributed by atoms with van der Waals surface area (Å²) in [4.78, 5) is 7.37. The highest BCUT2D eigenvalue weighted by Crippen LogP contribution is 2.28. The predicted octanol–water partition coefficient (Wildman–Crippen LogP) is 4.15. The molecule has 6 nitrogen and oxygen atoms in total. The molecule has 1 saturated heterocycles. The Morgan fingerprint density at radius 1 is 1.21 bits per heavy atom. The van der Waals surface area contributed by atoms with Gasteiger partial charge in [-0.25, -0.2) is 4.99 Å². The van der Waals surface area contributed by atoms with Gasteiger partial charge in [0.05, 0.1) is 13.1 Å². The number of likely N-dealkylation sites (tertiary alicyclic amines) is 1. The topological polar surface area (TPSA) is 58.3 Å². The molecule has 2 aromatic rings. The van der Waals surface area contributed by atoms with Gasteiger partial charge in [0.25, 0.3) is 0 Å². The van der Waals surface area contributed by atoms with Crippen LogP contribution >= 0.6 is 24.0 Å². The van der Waals surface area contributed by atoms with Gasteiger partial charge in [-0.2, -0.15) is 0 Å². The minimum atomic E-state index is 0. The van der Waals surface area contributed by atoms with Crippen molar-refractivity contribution in [2.24, 2.45) is 23.9 Å². The molecular formula is C22H35IN6. The lowest BCUT2D eigenvalue weighted by molar-refractivity contribution is 0.318. The highest BCUT2D eigenvalue weighted by Gasteiger charge is 2.29. The van der Waals surface area contributed by atoms with Crippen LogP contribution in [-0.2, 0) is 20.1 Å². The average Bonchev–Trinajstić information content (AvgIpc) is 3.32. The SMILES string of the molecule is CCC(CC)C1CCN(C(=NCc2ccccc2)NCc2nnc(C)n2C)C1.I. The van der Waals surface area contributed by atoms with E-state index in [1.807, 2.05) is 24.6 Å². The molecule has 2 heterocycles. The van der Waals surface area contributed by atoms with Crippen molar-refractivity contribution >= 4 is 29.9 Å². The van der Waals surface area contributed by atoms with Gasteiger partial charge in [-0.15, -0.1) is 34.2 Å². The maximum Gasteiger partial charge on any atom is 0.194 e. The van der Waals surface area contributed by atoms with Crippen molar-refractivity contribution in [3.05, 3.63) is 47.5 Å². The maximum atomic E-state index is 4.95. The highest BCUT2D eigenvalue weighted by atomic mass is 127. The fourth-order valence-corrected chi connectivity index (χ4v) is 4.10. The molecule has 0 saturated carbocycles. The zero-order chi connectivity index (χ0) is 19.9. The number of nitrogens with zero attached hydrogens (tertiary/aromatic N) is 5. The Morgan fingerprint density at radius 3 is 2.55 bits per heavy atom. The number of nitrogens with one attached hydrogen (secondary N) is 1. The number of aromatic nitrogens is 3. The number of benzene rings is 1. The Bertz CT molecular complexity index is 769. The molecule has 160 valence electrons. The molecule has 0 bridgehead atoms. The second kappa shape index (κ2) is 11.5. The quantitative estimate of drug-likeness (QED) is 0.346. The standard InChI is InChI=1S/C22H34N6.HI/c1-5-19(6-2)20-12-13-28(16-20)22(23-14-18-10-8-7-9-11-18)24-15-21-26-25-17(3)27(21)4;/h7-11,19-20H,5-6,12-16H2,1-4H3,(H,23,24);1H. The van der Waals surface area contributed by atoms with E-state index < -0.39 is 0 Å². The van der Waals surface area contributed by atoms with Crippen LogP contribution in [0.1, 0.15) is 50.3 Å². The minimum Gasteiger partial charge on any atom is -0.349 e. The molecule has 0 aliphatic carbocycles. The van der Waals surface area contributed by atoms with Gasteiger partial charge < -0.3 is 14.8 Å². The Balaban J connectivity index is 0.00000300. The largest absolute Gasteiger partial charge is 0.349 e. The summed E-state index contributed by atoms with van der Waals surface area (Å²) < 4.78 is 2.03. The first-order valence-electron chi connectivity index (χ1n) is 10.5. The Labute approximate surface area is 192 Å². The van der Waals surface area contributed by atoms with E-state index in [0.717, 1.165) is 42.5 Å². The average molecular weight is 510 g/mol. The lowest BCUT2D eigenvalue weighted by atomic mass is 9.87. The summed E-state index contributed by atoms with van der Waals surface area (Å²) in [5.74, 6) is 4.41. The Kier molecular flexibility index (Phi) is 9.39. The summed E-state index contributed by atoms with van der Waals surface area (Å²) >= 11 is 0. The fraction of sp³-hybridized carbons (Fsp3) is 0.591. The van der Waals surface area contributed by atoms with E-state index in [0.29, 0.717) is 13.1 Å². The first-order chi connectivity index (χ1) is 13.6. The van der Waals surface area contributed by atoms with E-state index >= 15 is 0 Å². The summed E-state index contributed by atoms with van der Waals surface area (Å²) in [6, 6.07) is 10.4. The van der Waals surface area contributed by atoms with Gasteiger partial charge in [-0.3, -0.25) is 0 Å². The summed E-state index contributed by atoms with van der Waals surface area (Å²) in [6.45, 7) is 10.1. The van der Waals surface area contributed by atoms with Crippen LogP contribution in [0.4, 0.5) is 0 Å². The molecule has 0 spiro atoms. The molecule has 29 heavy (non-hydrogen) atoms. The molecule has 3 rings (SSSR count). The summed E-state index contributed by atoms with van der Waals surface area (Å²) in [5.41, 5.74) is 1.23. The molecule has 1 aromatic heterocycles. The molecule has 1 unspecified atom stereocenters. The Morgan fingerprint density at radius 2 is 1.93 bits per heavy atom. The zero-order valence-corrected chi connectivity index (χ0v) is 20.5. The third-order valence-corrected chi connectivity index (χ3v) is 6.08. The van der Waals surface area contributed by atoms with Crippen LogP contribution in [0, 0.1) is 18.8 Å². The fourth-order valence-electron chi connectivity index (χ4n) is 4.10. The summed E-state index contributed by atoms with van der Waals surface area (Å²) in [6.07, 6.45) is 3.77.